The number of fused-ring (bicyclic) bond motifs is 2. The van der Waals surface area contributed by atoms with Gasteiger partial charge in [-0.1, -0.05) is 49.2 Å². The number of nitrogens with one attached hydrogen (secondary N) is 1. The van der Waals surface area contributed by atoms with Crippen LogP contribution >= 0.6 is 11.6 Å². The normalized spacial score (nSPS) is 12.5. The molecular weight excluding hydrogens is 458 g/mol. The zero-order valence-corrected chi connectivity index (χ0v) is 20.8. The van der Waals surface area contributed by atoms with E-state index in [1.54, 1.807) is 6.20 Å². The summed E-state index contributed by atoms with van der Waals surface area (Å²) in [6.45, 7) is 5.54. The molecule has 180 valence electrons. The van der Waals surface area contributed by atoms with Gasteiger partial charge in [0.25, 0.3) is 0 Å². The van der Waals surface area contributed by atoms with E-state index in [2.05, 4.69) is 51.9 Å². The first kappa shape index (κ1) is 23.4. The van der Waals surface area contributed by atoms with Crippen LogP contribution in [0.15, 0.2) is 60.9 Å². The summed E-state index contributed by atoms with van der Waals surface area (Å²) < 4.78 is 8.12. The summed E-state index contributed by atoms with van der Waals surface area (Å²) in [7, 11) is 0. The van der Waals surface area contributed by atoms with Crippen LogP contribution in [0.5, 0.6) is 5.75 Å². The summed E-state index contributed by atoms with van der Waals surface area (Å²) >= 11 is 6.49. The van der Waals surface area contributed by atoms with Crippen molar-refractivity contribution in [2.24, 2.45) is 5.73 Å². The molecule has 0 aliphatic heterocycles. The number of nitrogens with zero attached hydrogens (tertiary/aromatic N) is 3. The minimum absolute atomic E-state index is 0.152. The predicted molar refractivity (Wildman–Crippen MR) is 143 cm³/mol. The highest BCUT2D eigenvalue weighted by molar-refractivity contribution is 6.32. The molecule has 0 bridgehead atoms. The predicted octanol–water partition coefficient (Wildman–Crippen LogP) is 6.29. The van der Waals surface area contributed by atoms with E-state index in [-0.39, 0.29) is 6.04 Å². The summed E-state index contributed by atoms with van der Waals surface area (Å²) in [5, 5.41) is 7.49. The van der Waals surface area contributed by atoms with E-state index in [1.165, 1.54) is 10.9 Å². The summed E-state index contributed by atoms with van der Waals surface area (Å²) in [6.07, 6.45) is 6.63. The molecule has 1 atom stereocenters. The highest BCUT2D eigenvalue weighted by Crippen LogP contribution is 2.33. The summed E-state index contributed by atoms with van der Waals surface area (Å²) in [6, 6.07) is 16.3. The van der Waals surface area contributed by atoms with E-state index in [9.17, 15) is 0 Å². The molecular formula is C28H30ClN5O. The van der Waals surface area contributed by atoms with Crippen LogP contribution in [0.4, 0.5) is 0 Å². The van der Waals surface area contributed by atoms with Crippen LogP contribution in [0.3, 0.4) is 0 Å². The van der Waals surface area contributed by atoms with Crippen molar-refractivity contribution in [2.45, 2.75) is 45.7 Å². The lowest BCUT2D eigenvalue weighted by atomic mass is 10.0. The second-order valence-electron chi connectivity index (χ2n) is 9.04. The monoisotopic (exact) mass is 487 g/mol. The number of hydrogen-bond donors (Lipinski definition) is 2. The summed E-state index contributed by atoms with van der Waals surface area (Å²) in [5.41, 5.74) is 12.7. The number of benzene rings is 2. The van der Waals surface area contributed by atoms with Gasteiger partial charge in [0.1, 0.15) is 17.5 Å². The molecule has 3 heterocycles. The molecule has 6 nitrogen and oxygen atoms in total. The van der Waals surface area contributed by atoms with Crippen LogP contribution in [0.25, 0.3) is 32.9 Å². The van der Waals surface area contributed by atoms with Gasteiger partial charge in [0, 0.05) is 40.6 Å². The molecule has 0 spiro atoms. The first-order valence-corrected chi connectivity index (χ1v) is 12.5. The number of aryl methyl sites for hydroxylation is 2. The standard InChI is InChI=1S/C28H30ClN5O/c1-3-4-11-34-27-10-9-19(13-24(27)18(2)33-34)25-14-22(16-32-28(25)29)35-17-21(30)12-20-15-31-26-8-6-5-7-23(20)26/h5-10,13-16,21,31H,3-4,11-12,17,30H2,1-2H3/t21-/m0/s1. The van der Waals surface area contributed by atoms with E-state index < -0.39 is 0 Å². The average molecular weight is 488 g/mol. The Hall–Kier alpha value is -3.35. The molecule has 5 rings (SSSR count). The Morgan fingerprint density at radius 2 is 2.00 bits per heavy atom. The molecule has 0 fully saturated rings. The Morgan fingerprint density at radius 1 is 1.14 bits per heavy atom. The molecule has 35 heavy (non-hydrogen) atoms. The third-order valence-electron chi connectivity index (χ3n) is 6.40. The number of ether oxygens (including phenoxy) is 1. The largest absolute Gasteiger partial charge is 0.490 e. The lowest BCUT2D eigenvalue weighted by Crippen LogP contribution is -2.30. The van der Waals surface area contributed by atoms with Gasteiger partial charge in [0.2, 0.25) is 0 Å². The van der Waals surface area contributed by atoms with Crippen molar-refractivity contribution < 1.29 is 4.74 Å². The number of aromatic nitrogens is 4. The van der Waals surface area contributed by atoms with E-state index in [0.717, 1.165) is 59.0 Å². The second-order valence-corrected chi connectivity index (χ2v) is 9.40. The highest BCUT2D eigenvalue weighted by Gasteiger charge is 2.14. The molecule has 0 aliphatic rings. The van der Waals surface area contributed by atoms with Crippen LogP contribution in [0, 0.1) is 6.92 Å². The molecule has 5 aromatic rings. The lowest BCUT2D eigenvalue weighted by molar-refractivity contribution is 0.287. The van der Waals surface area contributed by atoms with Crippen molar-refractivity contribution in [3.63, 3.8) is 0 Å². The van der Waals surface area contributed by atoms with Gasteiger partial charge in [-0.05, 0) is 55.2 Å². The van der Waals surface area contributed by atoms with Crippen molar-refractivity contribution >= 4 is 33.4 Å². The van der Waals surface area contributed by atoms with Crippen LogP contribution in [-0.4, -0.2) is 32.4 Å². The second kappa shape index (κ2) is 10.1. The number of para-hydroxylation sites is 1. The smallest absolute Gasteiger partial charge is 0.138 e. The zero-order valence-electron chi connectivity index (χ0n) is 20.1. The van der Waals surface area contributed by atoms with E-state index in [4.69, 9.17) is 27.2 Å². The number of unbranched alkanes of at least 4 members (excludes halogenated alkanes) is 1. The molecule has 0 saturated carbocycles. The molecule has 7 heteroatoms. The van der Waals surface area contributed by atoms with E-state index in [0.29, 0.717) is 17.5 Å². The molecule has 0 radical (unpaired) electrons. The Bertz CT molecular complexity index is 1470. The maximum atomic E-state index is 6.49. The quantitative estimate of drug-likeness (QED) is 0.239. The van der Waals surface area contributed by atoms with Gasteiger partial charge in [0.05, 0.1) is 17.4 Å². The van der Waals surface area contributed by atoms with Crippen molar-refractivity contribution in [3.05, 3.63) is 77.3 Å². The van der Waals surface area contributed by atoms with Gasteiger partial charge >= 0.3 is 0 Å². The maximum Gasteiger partial charge on any atom is 0.138 e. The fourth-order valence-corrected chi connectivity index (χ4v) is 4.75. The Kier molecular flexibility index (Phi) is 6.75. The van der Waals surface area contributed by atoms with Gasteiger partial charge in [0.15, 0.2) is 0 Å². The van der Waals surface area contributed by atoms with Crippen LogP contribution < -0.4 is 10.5 Å². The van der Waals surface area contributed by atoms with Crippen molar-refractivity contribution in [1.82, 2.24) is 19.7 Å². The molecule has 0 saturated heterocycles. The lowest BCUT2D eigenvalue weighted by Gasteiger charge is -2.14. The number of nitrogens with two attached hydrogens (primary N) is 1. The zero-order chi connectivity index (χ0) is 24.4. The molecule has 3 aromatic heterocycles. The highest BCUT2D eigenvalue weighted by atomic mass is 35.5. The summed E-state index contributed by atoms with van der Waals surface area (Å²) in [4.78, 5) is 7.67. The average Bonchev–Trinajstić information content (AvgIpc) is 3.42. The molecule has 0 aliphatic carbocycles. The number of pyridine rings is 1. The van der Waals surface area contributed by atoms with E-state index in [1.807, 2.05) is 31.3 Å². The summed E-state index contributed by atoms with van der Waals surface area (Å²) in [5.74, 6) is 0.647. The van der Waals surface area contributed by atoms with Gasteiger partial charge < -0.3 is 15.5 Å². The van der Waals surface area contributed by atoms with Gasteiger partial charge in [-0.25, -0.2) is 4.98 Å². The number of hydrogen-bond acceptors (Lipinski definition) is 4. The maximum absolute atomic E-state index is 6.49. The minimum Gasteiger partial charge on any atom is -0.490 e. The van der Waals surface area contributed by atoms with Crippen molar-refractivity contribution in [3.8, 4) is 16.9 Å². The van der Waals surface area contributed by atoms with Gasteiger partial charge in [-0.2, -0.15) is 5.10 Å². The third kappa shape index (κ3) is 4.90. The SMILES string of the molecule is CCCCn1nc(C)c2cc(-c3cc(OC[C@@H](N)Cc4c[nH]c5ccccc45)cnc3Cl)ccc21. The third-order valence-corrected chi connectivity index (χ3v) is 6.71. The first-order chi connectivity index (χ1) is 17.0. The van der Waals surface area contributed by atoms with Crippen LogP contribution in [-0.2, 0) is 13.0 Å². The number of halogens is 1. The van der Waals surface area contributed by atoms with Gasteiger partial charge in [-0.3, -0.25) is 4.68 Å². The number of rotatable bonds is 9. The van der Waals surface area contributed by atoms with Gasteiger partial charge in [-0.15, -0.1) is 0 Å². The molecule has 2 aromatic carbocycles. The Labute approximate surface area is 210 Å². The van der Waals surface area contributed by atoms with Crippen LogP contribution in [0.1, 0.15) is 31.0 Å². The van der Waals surface area contributed by atoms with Crippen molar-refractivity contribution in [1.29, 1.82) is 0 Å². The molecule has 0 unspecified atom stereocenters. The Balaban J connectivity index is 1.32. The fraction of sp³-hybridized carbons (Fsp3) is 0.286. The van der Waals surface area contributed by atoms with Crippen molar-refractivity contribution in [2.75, 3.05) is 6.61 Å². The van der Waals surface area contributed by atoms with E-state index >= 15 is 0 Å². The number of H-pyrrole nitrogens is 1. The number of aromatic amines is 1. The van der Waals surface area contributed by atoms with Crippen LogP contribution in [0.2, 0.25) is 5.15 Å². The minimum atomic E-state index is -0.152. The molecule has 3 N–H and O–H groups in total. The molecule has 0 amide bonds. The topological polar surface area (TPSA) is 81.8 Å². The fourth-order valence-electron chi connectivity index (χ4n) is 4.54. The first-order valence-electron chi connectivity index (χ1n) is 12.1. The Morgan fingerprint density at radius 3 is 2.86 bits per heavy atom.